The Morgan fingerprint density at radius 2 is 0.520 bits per heavy atom. The second kappa shape index (κ2) is 69.4. The molecule has 0 aliphatic rings. The number of unbranched alkanes of at least 4 members (excludes halogenated alkanes) is 44. The zero-order chi connectivity index (χ0) is 72.3. The van der Waals surface area contributed by atoms with E-state index >= 15 is 0 Å². The highest BCUT2D eigenvalue weighted by atomic mass is 31.2. The normalized spacial score (nSPS) is 14.3. The summed E-state index contributed by atoms with van der Waals surface area (Å²) in [4.78, 5) is 73.0. The first-order valence-electron chi connectivity index (χ1n) is 40.9. The van der Waals surface area contributed by atoms with Gasteiger partial charge in [-0.1, -0.05) is 357 Å². The first-order chi connectivity index (χ1) is 47.3. The molecule has 0 fully saturated rings. The van der Waals surface area contributed by atoms with Gasteiger partial charge in [-0.3, -0.25) is 37.3 Å². The molecule has 0 radical (unpaired) electrons. The second-order valence-corrected chi connectivity index (χ2v) is 32.6. The summed E-state index contributed by atoms with van der Waals surface area (Å²) >= 11 is 0. The average Bonchev–Trinajstić information content (AvgIpc) is 0.937. The van der Waals surface area contributed by atoms with Crippen molar-refractivity contribution in [2.75, 3.05) is 39.6 Å². The summed E-state index contributed by atoms with van der Waals surface area (Å²) < 4.78 is 68.7. The first-order valence-corrected chi connectivity index (χ1v) is 43.9. The lowest BCUT2D eigenvalue weighted by molar-refractivity contribution is -0.161. The van der Waals surface area contributed by atoms with Gasteiger partial charge in [-0.25, -0.2) is 9.13 Å². The molecule has 0 aromatic carbocycles. The molecule has 0 aliphatic carbocycles. The van der Waals surface area contributed by atoms with E-state index in [9.17, 15) is 43.2 Å². The summed E-state index contributed by atoms with van der Waals surface area (Å²) in [5, 5.41) is 10.6. The Labute approximate surface area is 600 Å². The van der Waals surface area contributed by atoms with Crippen LogP contribution in [-0.2, 0) is 65.4 Å². The molecule has 0 amide bonds. The van der Waals surface area contributed by atoms with Crippen LogP contribution in [0.4, 0.5) is 0 Å². The van der Waals surface area contributed by atoms with Crippen molar-refractivity contribution >= 4 is 39.5 Å². The lowest BCUT2D eigenvalue weighted by Gasteiger charge is -2.21. The SMILES string of the molecule is CCCCCCCCCCCCCCCCCC(=O)OC[C@H](COP(=O)(O)OC[C@@H](O)COP(=O)(O)OC[C@@H](COC(=O)CCCCCCCCCCCC(C)C)OC(=O)CCCCCCCCCCCCC(C)C)OC(=O)CCCCCCCCCCCCCCCCC(C)CC. The molecule has 0 heterocycles. The van der Waals surface area contributed by atoms with Gasteiger partial charge in [0.1, 0.15) is 19.3 Å². The zero-order valence-corrected chi connectivity index (χ0v) is 66.0. The van der Waals surface area contributed by atoms with E-state index in [1.807, 2.05) is 0 Å². The fourth-order valence-corrected chi connectivity index (χ4v) is 13.7. The van der Waals surface area contributed by atoms with Gasteiger partial charge in [0.15, 0.2) is 12.2 Å². The van der Waals surface area contributed by atoms with E-state index in [2.05, 4.69) is 48.5 Å². The molecule has 0 aromatic rings. The van der Waals surface area contributed by atoms with Crippen molar-refractivity contribution in [1.29, 1.82) is 0 Å². The fourth-order valence-electron chi connectivity index (χ4n) is 12.1. The third kappa shape index (κ3) is 71.1. The van der Waals surface area contributed by atoms with Crippen molar-refractivity contribution in [3.05, 3.63) is 0 Å². The number of aliphatic hydroxyl groups is 1. The molecule has 19 heteroatoms. The highest BCUT2D eigenvalue weighted by Gasteiger charge is 2.30. The summed E-state index contributed by atoms with van der Waals surface area (Å²) in [5.74, 6) is 0.229. The summed E-state index contributed by atoms with van der Waals surface area (Å²) in [6, 6.07) is 0. The maximum absolute atomic E-state index is 13.1. The largest absolute Gasteiger partial charge is 0.472 e. The summed E-state index contributed by atoms with van der Waals surface area (Å²) in [7, 11) is -9.92. The van der Waals surface area contributed by atoms with Crippen LogP contribution >= 0.6 is 15.6 Å². The van der Waals surface area contributed by atoms with Crippen molar-refractivity contribution in [3.63, 3.8) is 0 Å². The first kappa shape index (κ1) is 96.1. The topological polar surface area (TPSA) is 237 Å². The minimum atomic E-state index is -4.96. The number of hydrogen-bond donors (Lipinski definition) is 3. The highest BCUT2D eigenvalue weighted by Crippen LogP contribution is 2.45. The monoisotopic (exact) mass is 1440 g/mol. The number of phosphoric acid groups is 2. The predicted octanol–water partition coefficient (Wildman–Crippen LogP) is 23.4. The number of ether oxygens (including phenoxy) is 4. The molecule has 0 aliphatic heterocycles. The summed E-state index contributed by atoms with van der Waals surface area (Å²) in [6.45, 7) is 12.0. The standard InChI is InChI=1S/C79H154O17P2/c1-8-10-11-12-13-14-15-16-17-21-24-32-39-46-53-60-76(81)89-66-74(95-78(83)62-55-48-41-33-25-22-19-18-20-23-31-38-45-52-59-72(7)9-2)68-93-97(85,86)91-64-73(80)65-92-98(87,88)94-69-75(67-90-77(82)61-54-47-40-35-28-30-37-44-51-58-71(5)6)96-79(84)63-56-49-42-34-27-26-29-36-43-50-57-70(3)4/h70-75,80H,8-69H2,1-7H3,(H,85,86)(H,87,88)/t72?,73-,74-,75-/m1/s1. The molecule has 0 bridgehead atoms. The number of aliphatic hydroxyl groups excluding tert-OH is 1. The predicted molar refractivity (Wildman–Crippen MR) is 400 cm³/mol. The minimum absolute atomic E-state index is 0.106. The van der Waals surface area contributed by atoms with E-state index in [0.29, 0.717) is 25.7 Å². The van der Waals surface area contributed by atoms with Crippen LogP contribution in [0, 0.1) is 17.8 Å². The van der Waals surface area contributed by atoms with Gasteiger partial charge in [0.2, 0.25) is 0 Å². The Kier molecular flexibility index (Phi) is 68.1. The Hall–Kier alpha value is -1.94. The van der Waals surface area contributed by atoms with Crippen molar-refractivity contribution < 1.29 is 80.2 Å². The van der Waals surface area contributed by atoms with Crippen molar-refractivity contribution in [2.24, 2.45) is 17.8 Å². The molecule has 3 N–H and O–H groups in total. The van der Waals surface area contributed by atoms with Gasteiger partial charge in [0.05, 0.1) is 26.4 Å². The smallest absolute Gasteiger partial charge is 0.462 e. The molecular formula is C79H154O17P2. The molecule has 0 saturated heterocycles. The Morgan fingerprint density at radius 1 is 0.296 bits per heavy atom. The molecule has 98 heavy (non-hydrogen) atoms. The molecule has 17 nitrogen and oxygen atoms in total. The van der Waals surface area contributed by atoms with Gasteiger partial charge < -0.3 is 33.8 Å². The number of carbonyl (C=O) groups is 4. The Morgan fingerprint density at radius 3 is 0.776 bits per heavy atom. The minimum Gasteiger partial charge on any atom is -0.462 e. The van der Waals surface area contributed by atoms with Crippen molar-refractivity contribution in [1.82, 2.24) is 0 Å². The lowest BCUT2D eigenvalue weighted by Crippen LogP contribution is -2.30. The number of carbonyl (C=O) groups excluding carboxylic acids is 4. The van der Waals surface area contributed by atoms with Gasteiger partial charge >= 0.3 is 39.5 Å². The van der Waals surface area contributed by atoms with E-state index in [0.717, 1.165) is 108 Å². The molecule has 0 spiro atoms. The summed E-state index contributed by atoms with van der Waals surface area (Å²) in [5.41, 5.74) is 0. The van der Waals surface area contributed by atoms with Gasteiger partial charge in [0.25, 0.3) is 0 Å². The molecule has 6 atom stereocenters. The van der Waals surface area contributed by atoms with Crippen LogP contribution < -0.4 is 0 Å². The molecule has 0 rings (SSSR count). The molecule has 582 valence electrons. The quantitative estimate of drug-likeness (QED) is 0.0222. The molecular weight excluding hydrogens is 1280 g/mol. The highest BCUT2D eigenvalue weighted by molar-refractivity contribution is 7.47. The van der Waals surface area contributed by atoms with Gasteiger partial charge in [-0.05, 0) is 43.4 Å². The van der Waals surface area contributed by atoms with Crippen molar-refractivity contribution in [3.8, 4) is 0 Å². The molecule has 0 saturated carbocycles. The van der Waals surface area contributed by atoms with Crippen LogP contribution in [0.5, 0.6) is 0 Å². The molecule has 0 aromatic heterocycles. The number of hydrogen-bond acceptors (Lipinski definition) is 15. The number of rotatable bonds is 77. The average molecular weight is 1440 g/mol. The van der Waals surface area contributed by atoms with Crippen LogP contribution in [0.1, 0.15) is 408 Å². The Bertz CT molecular complexity index is 1910. The van der Waals surface area contributed by atoms with Gasteiger partial charge in [-0.15, -0.1) is 0 Å². The van der Waals surface area contributed by atoms with E-state index in [1.54, 1.807) is 0 Å². The maximum atomic E-state index is 13.1. The van der Waals surface area contributed by atoms with Crippen LogP contribution in [0.2, 0.25) is 0 Å². The van der Waals surface area contributed by atoms with E-state index in [1.165, 1.54) is 218 Å². The number of esters is 4. The van der Waals surface area contributed by atoms with Crippen LogP contribution in [-0.4, -0.2) is 96.7 Å². The Balaban J connectivity index is 5.26. The van der Waals surface area contributed by atoms with E-state index < -0.39 is 97.5 Å². The molecule has 3 unspecified atom stereocenters. The summed E-state index contributed by atoms with van der Waals surface area (Å²) in [6.07, 6.45) is 56.7. The van der Waals surface area contributed by atoms with Gasteiger partial charge in [0, 0.05) is 25.7 Å². The van der Waals surface area contributed by atoms with Crippen LogP contribution in [0.15, 0.2) is 0 Å². The second-order valence-electron chi connectivity index (χ2n) is 29.6. The third-order valence-electron chi connectivity index (χ3n) is 18.7. The van der Waals surface area contributed by atoms with E-state index in [4.69, 9.17) is 37.0 Å². The lowest BCUT2D eigenvalue weighted by atomic mass is 9.99. The maximum Gasteiger partial charge on any atom is 0.472 e. The van der Waals surface area contributed by atoms with Crippen LogP contribution in [0.25, 0.3) is 0 Å². The van der Waals surface area contributed by atoms with Crippen LogP contribution in [0.3, 0.4) is 0 Å². The van der Waals surface area contributed by atoms with Gasteiger partial charge in [-0.2, -0.15) is 0 Å². The fraction of sp³-hybridized carbons (Fsp3) is 0.949. The van der Waals surface area contributed by atoms with Crippen molar-refractivity contribution in [2.45, 2.75) is 426 Å². The van der Waals surface area contributed by atoms with E-state index in [-0.39, 0.29) is 25.7 Å². The zero-order valence-electron chi connectivity index (χ0n) is 64.3. The number of phosphoric ester groups is 2. The third-order valence-corrected chi connectivity index (χ3v) is 20.6.